The number of nitrogens with zero attached hydrogens (tertiary/aromatic N) is 4. The van der Waals surface area contributed by atoms with Crippen LogP contribution < -0.4 is 0 Å². The molecule has 0 unspecified atom stereocenters. The van der Waals surface area contributed by atoms with Crippen molar-refractivity contribution in [2.75, 3.05) is 0 Å². The van der Waals surface area contributed by atoms with Crippen molar-refractivity contribution in [1.82, 2.24) is 9.13 Å². The molecule has 0 aliphatic heterocycles. The number of benzene rings is 12. The first-order chi connectivity index (χ1) is 45.9. The normalized spacial score (nSPS) is 14.3. The lowest BCUT2D eigenvalue weighted by Crippen LogP contribution is -2.09. The largest absolute Gasteiger partial charge is 0.318 e. The van der Waals surface area contributed by atoms with E-state index in [-0.39, 0.29) is 33.6 Å². The zero-order valence-corrected chi connectivity index (χ0v) is 43.3. The molecular weight excluding hydrogens is 1010 g/mol. The molecule has 370 valence electrons. The summed E-state index contributed by atoms with van der Waals surface area (Å²) in [5.41, 5.74) is 1.55. The van der Waals surface area contributed by atoms with Crippen molar-refractivity contribution in [3.05, 3.63) is 271 Å². The van der Waals surface area contributed by atoms with Gasteiger partial charge in [0.2, 0.25) is 5.69 Å². The molecule has 0 fully saturated rings. The van der Waals surface area contributed by atoms with Gasteiger partial charge in [-0.25, -0.2) is 4.85 Å². The molecule has 0 N–H and O–H groups in total. The van der Waals surface area contributed by atoms with E-state index >= 15 is 0 Å². The second kappa shape index (κ2) is 18.1. The number of hydrogen-bond acceptors (Lipinski definition) is 3. The highest BCUT2D eigenvalue weighted by molar-refractivity contribution is 7.27. The van der Waals surface area contributed by atoms with Gasteiger partial charge in [-0.1, -0.05) is 218 Å². The monoisotopic (exact) mass is 1070 g/mol. The third kappa shape index (κ3) is 6.71. The number of para-hydroxylation sites is 1. The van der Waals surface area contributed by atoms with Crippen molar-refractivity contribution >= 4 is 112 Å². The summed E-state index contributed by atoms with van der Waals surface area (Å²) < 4.78 is 147. The molecule has 0 bridgehead atoms. The van der Waals surface area contributed by atoms with Gasteiger partial charge in [-0.15, -0.1) is 22.7 Å². The highest BCUT2D eigenvalue weighted by Gasteiger charge is 2.34. The summed E-state index contributed by atoms with van der Waals surface area (Å²) in [5.74, 6) is 0. The van der Waals surface area contributed by atoms with Crippen molar-refractivity contribution in [3.63, 3.8) is 0 Å². The summed E-state index contributed by atoms with van der Waals surface area (Å²) in [6, 6.07) is 43.8. The number of aromatic nitrogens is 2. The number of hydrogen-bond donors (Lipinski definition) is 0. The number of rotatable bonds is 7. The fourth-order valence-corrected chi connectivity index (χ4v) is 14.5. The molecule has 0 spiro atoms. The first-order valence-electron chi connectivity index (χ1n) is 33.0. The molecule has 4 nitrogen and oxygen atoms in total. The number of thiophene rings is 2. The van der Waals surface area contributed by atoms with Crippen LogP contribution in [0.4, 0.5) is 5.69 Å². The number of nitriles is 1. The first-order valence-corrected chi connectivity index (χ1v) is 27.2. The average Bonchev–Trinajstić information content (AvgIpc) is 1.56. The van der Waals surface area contributed by atoms with Crippen molar-refractivity contribution in [3.8, 4) is 73.1 Å². The standard InChI is InChI=1S/C74H42N4S2/c1-76-68-64(48-29-13-5-14-30-48)59(44-75)69(65(49-31-15-6-16-32-49)70(68)77-60-36-20-17-33-51(60)52-40-39-50(41-61(52)77)45-23-7-2-8-24-45)78-71-66(55(46-25-9-3-10-26-46)42-57-53-34-18-21-37-62(53)79-73(57)71)67-56(47-27-11-4-12-28-47)43-58-54-35-19-22-38-63(54)80-74(58)72(67)78/h2-43H/i2D,5D,6D,7D,8D,13D,14D,15D,16D,23D,24D,29D,30D,31D,32D. The lowest BCUT2D eigenvalue weighted by Gasteiger charge is -2.26. The molecule has 0 aliphatic rings. The van der Waals surface area contributed by atoms with Crippen LogP contribution >= 0.6 is 22.7 Å². The van der Waals surface area contributed by atoms with Crippen LogP contribution in [0.5, 0.6) is 0 Å². The van der Waals surface area contributed by atoms with E-state index in [4.69, 9.17) is 6.85 Å². The van der Waals surface area contributed by atoms with Gasteiger partial charge in [0, 0.05) is 63.6 Å². The third-order valence-electron chi connectivity index (χ3n) is 15.2. The van der Waals surface area contributed by atoms with Gasteiger partial charge in [0.25, 0.3) is 0 Å². The zero-order valence-electron chi connectivity index (χ0n) is 56.7. The Bertz CT molecular complexity index is 6000. The van der Waals surface area contributed by atoms with Crippen molar-refractivity contribution in [1.29, 1.82) is 5.26 Å². The van der Waals surface area contributed by atoms with E-state index in [2.05, 4.69) is 23.0 Å². The van der Waals surface area contributed by atoms with Gasteiger partial charge < -0.3 is 9.13 Å². The average molecular weight is 1070 g/mol. The van der Waals surface area contributed by atoms with Gasteiger partial charge in [-0.3, -0.25) is 0 Å². The summed E-state index contributed by atoms with van der Waals surface area (Å²) in [5, 5.41) is 18.6. The van der Waals surface area contributed by atoms with Crippen LogP contribution in [0.15, 0.2) is 254 Å². The van der Waals surface area contributed by atoms with E-state index < -0.39 is 119 Å². The minimum atomic E-state index is -0.783. The lowest BCUT2D eigenvalue weighted by molar-refractivity contribution is 1.14. The molecule has 0 radical (unpaired) electrons. The van der Waals surface area contributed by atoms with E-state index in [0.29, 0.717) is 47.5 Å². The number of fused-ring (bicyclic) bond motifs is 14. The Morgan fingerprint density at radius 3 is 1.43 bits per heavy atom. The Morgan fingerprint density at radius 2 is 0.887 bits per heavy atom. The predicted molar refractivity (Wildman–Crippen MR) is 339 cm³/mol. The second-order valence-electron chi connectivity index (χ2n) is 19.3. The maximum atomic E-state index is 12.8. The van der Waals surface area contributed by atoms with E-state index in [1.807, 2.05) is 114 Å². The van der Waals surface area contributed by atoms with Crippen LogP contribution in [0, 0.1) is 17.9 Å². The van der Waals surface area contributed by atoms with Gasteiger partial charge in [0.1, 0.15) is 6.07 Å². The smallest absolute Gasteiger partial charge is 0.220 e. The maximum absolute atomic E-state index is 12.8. The summed E-state index contributed by atoms with van der Waals surface area (Å²) in [7, 11) is 0. The lowest BCUT2D eigenvalue weighted by atomic mass is 9.88. The minimum Gasteiger partial charge on any atom is -0.318 e. The van der Waals surface area contributed by atoms with Gasteiger partial charge in [0.05, 0.1) is 75.5 Å². The van der Waals surface area contributed by atoms with E-state index in [0.717, 1.165) is 53.2 Å². The fraction of sp³-hybridized carbons (Fsp3) is 0. The van der Waals surface area contributed by atoms with Crippen LogP contribution in [0.25, 0.3) is 156 Å². The summed E-state index contributed by atoms with van der Waals surface area (Å²) in [6.07, 6.45) is 0. The summed E-state index contributed by atoms with van der Waals surface area (Å²) >= 11 is 2.95. The van der Waals surface area contributed by atoms with E-state index in [1.54, 1.807) is 47.0 Å². The molecule has 0 atom stereocenters. The van der Waals surface area contributed by atoms with Gasteiger partial charge in [-0.2, -0.15) is 5.26 Å². The van der Waals surface area contributed by atoms with E-state index in [1.165, 1.54) is 22.7 Å². The van der Waals surface area contributed by atoms with Crippen LogP contribution in [0.1, 0.15) is 26.1 Å². The molecular formula is C74H42N4S2. The van der Waals surface area contributed by atoms with Crippen LogP contribution in [-0.4, -0.2) is 9.13 Å². The SMILES string of the molecule is [2H]c1c([2H])c([2H])c(-c2ccc3c4ccccc4n(-c4c([N+]#[C-])c(-c5c([2H])c([2H])c([2H])c([2H])c5[2H])c(C#N)c(-n5c6c7sc8ccccc8c7cc(-c7ccccc7)c6c6c(-c7ccccc7)cc7c8ccccc8sc7c65)c4-c4c([2H])c([2H])c([2H])c([2H])c4[2H])c3c2)c([2H])c1[2H]. The maximum Gasteiger partial charge on any atom is 0.220 e. The Morgan fingerprint density at radius 1 is 0.412 bits per heavy atom. The van der Waals surface area contributed by atoms with E-state index in [9.17, 15) is 25.5 Å². The van der Waals surface area contributed by atoms with Crippen molar-refractivity contribution < 1.29 is 20.6 Å². The Labute approximate surface area is 489 Å². The predicted octanol–water partition coefficient (Wildman–Crippen LogP) is 21.4. The summed E-state index contributed by atoms with van der Waals surface area (Å²) in [4.78, 5) is 4.30. The highest BCUT2D eigenvalue weighted by atomic mass is 32.1. The summed E-state index contributed by atoms with van der Waals surface area (Å²) in [6.45, 7) is 9.67. The Hall–Kier alpha value is -10.3. The molecule has 16 rings (SSSR count). The molecule has 0 saturated carbocycles. The Kier molecular flexibility index (Phi) is 7.49. The zero-order chi connectivity index (χ0) is 66.1. The third-order valence-corrected chi connectivity index (χ3v) is 17.6. The fourth-order valence-electron chi connectivity index (χ4n) is 12.0. The van der Waals surface area contributed by atoms with Crippen molar-refractivity contribution in [2.45, 2.75) is 0 Å². The highest BCUT2D eigenvalue weighted by Crippen LogP contribution is 2.57. The van der Waals surface area contributed by atoms with Gasteiger partial charge >= 0.3 is 0 Å². The molecule has 4 aromatic heterocycles. The van der Waals surface area contributed by atoms with Crippen LogP contribution in [0.3, 0.4) is 0 Å². The molecule has 0 saturated heterocycles. The minimum absolute atomic E-state index is 0.135. The van der Waals surface area contributed by atoms with Crippen LogP contribution in [0.2, 0.25) is 0 Å². The van der Waals surface area contributed by atoms with Crippen molar-refractivity contribution in [2.24, 2.45) is 0 Å². The molecule has 80 heavy (non-hydrogen) atoms. The molecule has 0 aliphatic carbocycles. The van der Waals surface area contributed by atoms with Gasteiger partial charge in [-0.05, 0) is 80.9 Å². The molecule has 16 aromatic rings. The molecule has 4 heterocycles. The quantitative estimate of drug-likeness (QED) is 0.147. The molecule has 6 heteroatoms. The molecule has 12 aromatic carbocycles. The first kappa shape index (κ1) is 33.1. The van der Waals surface area contributed by atoms with Crippen LogP contribution in [-0.2, 0) is 0 Å². The van der Waals surface area contributed by atoms with Gasteiger partial charge in [0.15, 0.2) is 0 Å². The second-order valence-corrected chi connectivity index (χ2v) is 21.4. The molecule has 0 amide bonds. The topological polar surface area (TPSA) is 38.0 Å². The Balaban J connectivity index is 1.29.